The highest BCUT2D eigenvalue weighted by Crippen LogP contribution is 2.07. The van der Waals surface area contributed by atoms with Crippen LogP contribution in [0.5, 0.6) is 0 Å². The topological polar surface area (TPSA) is 101 Å². The summed E-state index contributed by atoms with van der Waals surface area (Å²) in [7, 11) is 0. The van der Waals surface area contributed by atoms with E-state index in [1.54, 1.807) is 17.8 Å². The van der Waals surface area contributed by atoms with Crippen molar-refractivity contribution in [3.63, 3.8) is 0 Å². The van der Waals surface area contributed by atoms with Crippen LogP contribution in [0, 0.1) is 6.92 Å². The fourth-order valence-corrected chi connectivity index (χ4v) is 1.91. The fraction of sp³-hybridized carbons (Fsp3) is 0.500. The average Bonchev–Trinajstić information content (AvgIpc) is 3.02. The molecule has 2 heterocycles. The third-order valence-corrected chi connectivity index (χ3v) is 2.98. The Balaban J connectivity index is 2.12. The summed E-state index contributed by atoms with van der Waals surface area (Å²) >= 11 is 0. The fourth-order valence-electron chi connectivity index (χ4n) is 1.91. The summed E-state index contributed by atoms with van der Waals surface area (Å²) < 4.78 is 8.55. The van der Waals surface area contributed by atoms with Crippen LogP contribution in [0.1, 0.15) is 28.9 Å². The van der Waals surface area contributed by atoms with Crippen LogP contribution in [0.2, 0.25) is 0 Å². The quantitative estimate of drug-likeness (QED) is 0.753. The Hall–Kier alpha value is -2.22. The van der Waals surface area contributed by atoms with E-state index < -0.39 is 5.97 Å². The lowest BCUT2D eigenvalue weighted by Gasteiger charge is -2.07. The number of aryl methyl sites for hydroxylation is 3. The van der Waals surface area contributed by atoms with E-state index in [1.165, 1.54) is 0 Å². The van der Waals surface area contributed by atoms with Crippen LogP contribution in [0.4, 0.5) is 0 Å². The molecule has 0 fully saturated rings. The lowest BCUT2D eigenvalue weighted by atomic mass is 10.3. The van der Waals surface area contributed by atoms with Gasteiger partial charge in [0, 0.05) is 25.5 Å². The summed E-state index contributed by atoms with van der Waals surface area (Å²) in [6.45, 7) is 5.40. The first-order chi connectivity index (χ1) is 9.67. The van der Waals surface area contributed by atoms with E-state index in [0.717, 1.165) is 5.82 Å². The highest BCUT2D eigenvalue weighted by atomic mass is 16.5. The number of ether oxygens (including phenoxy) is 1. The van der Waals surface area contributed by atoms with Gasteiger partial charge in [0.2, 0.25) is 0 Å². The first kappa shape index (κ1) is 14.2. The van der Waals surface area contributed by atoms with Gasteiger partial charge in [-0.1, -0.05) is 5.21 Å². The maximum absolute atomic E-state index is 11.7. The third kappa shape index (κ3) is 2.85. The molecule has 0 saturated heterocycles. The number of carbonyl (C=O) groups is 1. The number of rotatable bonds is 6. The third-order valence-electron chi connectivity index (χ3n) is 2.98. The molecule has 8 nitrogen and oxygen atoms in total. The number of aromatic nitrogens is 5. The number of imidazole rings is 1. The minimum Gasteiger partial charge on any atom is -0.461 e. The van der Waals surface area contributed by atoms with E-state index in [2.05, 4.69) is 15.3 Å². The predicted molar refractivity (Wildman–Crippen MR) is 70.8 cm³/mol. The Bertz CT molecular complexity index is 589. The predicted octanol–water partition coefficient (Wildman–Crippen LogP) is 0.119. The molecule has 2 N–H and O–H groups in total. The van der Waals surface area contributed by atoms with Crippen molar-refractivity contribution in [1.82, 2.24) is 24.5 Å². The van der Waals surface area contributed by atoms with Gasteiger partial charge in [0.15, 0.2) is 5.69 Å². The number of nitrogens with zero attached hydrogens (tertiary/aromatic N) is 5. The van der Waals surface area contributed by atoms with E-state index in [4.69, 9.17) is 10.5 Å². The van der Waals surface area contributed by atoms with Crippen LogP contribution in [-0.2, 0) is 24.4 Å². The second-order valence-electron chi connectivity index (χ2n) is 4.20. The van der Waals surface area contributed by atoms with Crippen molar-refractivity contribution < 1.29 is 9.53 Å². The van der Waals surface area contributed by atoms with Gasteiger partial charge in [-0.3, -0.25) is 0 Å². The molecule has 2 aromatic heterocycles. The molecule has 0 aliphatic heterocycles. The minimum atomic E-state index is -0.488. The zero-order valence-corrected chi connectivity index (χ0v) is 11.6. The largest absolute Gasteiger partial charge is 0.461 e. The Morgan fingerprint density at radius 3 is 2.85 bits per heavy atom. The molecule has 0 saturated carbocycles. The first-order valence-corrected chi connectivity index (χ1v) is 6.44. The van der Waals surface area contributed by atoms with Crippen molar-refractivity contribution in [3.8, 4) is 0 Å². The number of hydrogen-bond acceptors (Lipinski definition) is 6. The van der Waals surface area contributed by atoms with E-state index >= 15 is 0 Å². The van der Waals surface area contributed by atoms with Crippen molar-refractivity contribution in [2.45, 2.75) is 33.5 Å². The van der Waals surface area contributed by atoms with Gasteiger partial charge in [0.05, 0.1) is 18.8 Å². The normalized spacial score (nSPS) is 10.8. The van der Waals surface area contributed by atoms with Gasteiger partial charge < -0.3 is 15.0 Å². The average molecular weight is 278 g/mol. The van der Waals surface area contributed by atoms with Crippen LogP contribution < -0.4 is 5.73 Å². The molecule has 0 aromatic carbocycles. The Kier molecular flexibility index (Phi) is 4.46. The number of esters is 1. The molecule has 8 heteroatoms. The van der Waals surface area contributed by atoms with Gasteiger partial charge >= 0.3 is 5.97 Å². The smallest absolute Gasteiger partial charge is 0.360 e. The summed E-state index contributed by atoms with van der Waals surface area (Å²) in [6, 6.07) is 0. The van der Waals surface area contributed by atoms with Crippen LogP contribution in [0.3, 0.4) is 0 Å². The van der Waals surface area contributed by atoms with E-state index in [0.29, 0.717) is 25.4 Å². The number of nitrogens with two attached hydrogens (primary N) is 1. The van der Waals surface area contributed by atoms with Crippen molar-refractivity contribution in [2.75, 3.05) is 6.61 Å². The maximum Gasteiger partial charge on any atom is 0.360 e. The maximum atomic E-state index is 11.7. The summed E-state index contributed by atoms with van der Waals surface area (Å²) in [4.78, 5) is 15.9. The first-order valence-electron chi connectivity index (χ1n) is 6.44. The van der Waals surface area contributed by atoms with Gasteiger partial charge in [-0.15, -0.1) is 5.10 Å². The number of hydrogen-bond donors (Lipinski definition) is 1. The second kappa shape index (κ2) is 6.29. The van der Waals surface area contributed by atoms with E-state index in [-0.39, 0.29) is 12.2 Å². The van der Waals surface area contributed by atoms with Gasteiger partial charge in [-0.05, 0) is 13.8 Å². The van der Waals surface area contributed by atoms with Crippen molar-refractivity contribution in [2.24, 2.45) is 5.73 Å². The Labute approximate surface area is 116 Å². The lowest BCUT2D eigenvalue weighted by Crippen LogP contribution is -2.16. The zero-order valence-electron chi connectivity index (χ0n) is 11.6. The summed E-state index contributed by atoms with van der Waals surface area (Å²) in [5, 5.41) is 7.83. The standard InChI is InChI=1S/C12H18N6O2/c1-3-20-12(19)11-10(8-13)18(16-15-11)7-6-17-5-4-14-9(17)2/h4-5H,3,6-8,13H2,1-2H3. The van der Waals surface area contributed by atoms with E-state index in [1.807, 2.05) is 17.7 Å². The minimum absolute atomic E-state index is 0.185. The zero-order chi connectivity index (χ0) is 14.5. The van der Waals surface area contributed by atoms with Crippen LogP contribution in [0.15, 0.2) is 12.4 Å². The summed E-state index contributed by atoms with van der Waals surface area (Å²) in [5.74, 6) is 0.433. The monoisotopic (exact) mass is 278 g/mol. The SMILES string of the molecule is CCOC(=O)c1nnn(CCn2ccnc2C)c1CN. The van der Waals surface area contributed by atoms with Gasteiger partial charge in [0.1, 0.15) is 5.82 Å². The highest BCUT2D eigenvalue weighted by molar-refractivity contribution is 5.88. The molecule has 0 radical (unpaired) electrons. The summed E-state index contributed by atoms with van der Waals surface area (Å²) in [6.07, 6.45) is 3.63. The van der Waals surface area contributed by atoms with Gasteiger partial charge in [-0.25, -0.2) is 14.5 Å². The molecule has 20 heavy (non-hydrogen) atoms. The Morgan fingerprint density at radius 2 is 2.25 bits per heavy atom. The molecule has 0 spiro atoms. The van der Waals surface area contributed by atoms with Crippen LogP contribution in [0.25, 0.3) is 0 Å². The van der Waals surface area contributed by atoms with Crippen LogP contribution >= 0.6 is 0 Å². The molecule has 0 aliphatic carbocycles. The highest BCUT2D eigenvalue weighted by Gasteiger charge is 2.19. The van der Waals surface area contributed by atoms with Crippen molar-refractivity contribution >= 4 is 5.97 Å². The molecule has 0 unspecified atom stereocenters. The lowest BCUT2D eigenvalue weighted by molar-refractivity contribution is 0.0518. The second-order valence-corrected chi connectivity index (χ2v) is 4.20. The molecule has 2 rings (SSSR count). The van der Waals surface area contributed by atoms with Crippen molar-refractivity contribution in [3.05, 3.63) is 29.6 Å². The molecule has 0 atom stereocenters. The molecule has 0 amide bonds. The van der Waals surface area contributed by atoms with Gasteiger partial charge in [0.25, 0.3) is 0 Å². The molecule has 0 aliphatic rings. The van der Waals surface area contributed by atoms with E-state index in [9.17, 15) is 4.79 Å². The van der Waals surface area contributed by atoms with Crippen LogP contribution in [-0.4, -0.2) is 37.1 Å². The molecular weight excluding hydrogens is 260 g/mol. The molecule has 2 aromatic rings. The molecule has 0 bridgehead atoms. The summed E-state index contributed by atoms with van der Waals surface area (Å²) in [5.41, 5.74) is 6.46. The number of carbonyl (C=O) groups excluding carboxylic acids is 1. The van der Waals surface area contributed by atoms with Gasteiger partial charge in [-0.2, -0.15) is 0 Å². The molecular formula is C12H18N6O2. The van der Waals surface area contributed by atoms with Crippen molar-refractivity contribution in [1.29, 1.82) is 0 Å². The molecule has 108 valence electrons. The Morgan fingerprint density at radius 1 is 1.45 bits per heavy atom.